The van der Waals surface area contributed by atoms with Gasteiger partial charge in [-0.1, -0.05) is 24.3 Å². The van der Waals surface area contributed by atoms with E-state index in [1.54, 1.807) is 0 Å². The highest BCUT2D eigenvalue weighted by Crippen LogP contribution is 2.34. The summed E-state index contributed by atoms with van der Waals surface area (Å²) < 4.78 is 5.40. The van der Waals surface area contributed by atoms with Crippen molar-refractivity contribution in [3.8, 4) is 0 Å². The molecule has 0 saturated carbocycles. The third kappa shape index (κ3) is 3.78. The highest BCUT2D eigenvalue weighted by Gasteiger charge is 2.33. The van der Waals surface area contributed by atoms with Crippen molar-refractivity contribution in [3.05, 3.63) is 35.4 Å². The molecule has 24 heavy (non-hydrogen) atoms. The summed E-state index contributed by atoms with van der Waals surface area (Å²) in [6, 6.07) is 8.26. The zero-order valence-corrected chi connectivity index (χ0v) is 13.9. The molecule has 0 spiro atoms. The summed E-state index contributed by atoms with van der Waals surface area (Å²) in [5.74, 6) is -0.897. The summed E-state index contributed by atoms with van der Waals surface area (Å²) in [6.45, 7) is 1.57. The summed E-state index contributed by atoms with van der Waals surface area (Å²) in [4.78, 5) is 26.1. The number of aryl methyl sites for hydroxylation is 1. The molecule has 1 fully saturated rings. The molecule has 1 heterocycles. The predicted octanol–water partition coefficient (Wildman–Crippen LogP) is 2.59. The smallest absolute Gasteiger partial charge is 0.305 e. The zero-order chi connectivity index (χ0) is 16.9. The molecule has 5 nitrogen and oxygen atoms in total. The molecule has 1 amide bonds. The van der Waals surface area contributed by atoms with Crippen LogP contribution in [0.2, 0.25) is 0 Å². The third-order valence-electron chi connectivity index (χ3n) is 5.15. The van der Waals surface area contributed by atoms with E-state index in [1.807, 2.05) is 17.0 Å². The number of aliphatic carboxylic acids is 1. The van der Waals surface area contributed by atoms with Crippen LogP contribution >= 0.6 is 0 Å². The molecule has 1 saturated heterocycles. The minimum Gasteiger partial charge on any atom is -0.481 e. The fourth-order valence-corrected chi connectivity index (χ4v) is 3.90. The molecule has 1 N–H and O–H groups in total. The Morgan fingerprint density at radius 3 is 2.67 bits per heavy atom. The Morgan fingerprint density at radius 2 is 1.92 bits per heavy atom. The van der Waals surface area contributed by atoms with Crippen LogP contribution in [-0.4, -0.2) is 47.7 Å². The van der Waals surface area contributed by atoms with Gasteiger partial charge in [-0.25, -0.2) is 0 Å². The number of benzene rings is 1. The molecule has 0 radical (unpaired) electrons. The van der Waals surface area contributed by atoms with Gasteiger partial charge in [-0.3, -0.25) is 9.59 Å². The summed E-state index contributed by atoms with van der Waals surface area (Å²) in [7, 11) is 0. The highest BCUT2D eigenvalue weighted by molar-refractivity contribution is 5.85. The van der Waals surface area contributed by atoms with Crippen molar-refractivity contribution < 1.29 is 19.4 Å². The Balaban J connectivity index is 1.81. The number of ether oxygens (including phenoxy) is 1. The lowest BCUT2D eigenvalue weighted by atomic mass is 9.81. The highest BCUT2D eigenvalue weighted by atomic mass is 16.5. The molecule has 1 aromatic rings. The summed E-state index contributed by atoms with van der Waals surface area (Å²) in [6.07, 6.45) is 4.46. The molecule has 130 valence electrons. The third-order valence-corrected chi connectivity index (χ3v) is 5.15. The van der Waals surface area contributed by atoms with E-state index in [-0.39, 0.29) is 30.8 Å². The van der Waals surface area contributed by atoms with Gasteiger partial charge in [0.25, 0.3) is 0 Å². The number of carbonyl (C=O) groups excluding carboxylic acids is 1. The second-order valence-corrected chi connectivity index (χ2v) is 6.66. The number of amides is 1. The first-order chi connectivity index (χ1) is 11.7. The topological polar surface area (TPSA) is 66.8 Å². The Morgan fingerprint density at radius 1 is 1.17 bits per heavy atom. The van der Waals surface area contributed by atoms with E-state index in [4.69, 9.17) is 9.84 Å². The number of hydrogen-bond donors (Lipinski definition) is 1. The van der Waals surface area contributed by atoms with Crippen LogP contribution in [0.25, 0.3) is 0 Å². The maximum absolute atomic E-state index is 13.3. The van der Waals surface area contributed by atoms with Gasteiger partial charge in [0.05, 0.1) is 12.3 Å². The van der Waals surface area contributed by atoms with Crippen LogP contribution in [0.1, 0.15) is 49.1 Å². The van der Waals surface area contributed by atoms with Crippen molar-refractivity contribution in [2.75, 3.05) is 19.8 Å². The van der Waals surface area contributed by atoms with Crippen LogP contribution in [-0.2, 0) is 20.7 Å². The molecule has 1 atom stereocenters. The molecule has 2 aliphatic rings. The Bertz CT molecular complexity index is 595. The first-order valence-electron chi connectivity index (χ1n) is 8.84. The number of carboxylic acid groups (broad SMARTS) is 1. The lowest BCUT2D eigenvalue weighted by molar-refractivity contribution is -0.141. The molecule has 1 aromatic carbocycles. The predicted molar refractivity (Wildman–Crippen MR) is 89.9 cm³/mol. The van der Waals surface area contributed by atoms with E-state index in [2.05, 4.69) is 12.1 Å². The van der Waals surface area contributed by atoms with E-state index in [1.165, 1.54) is 5.56 Å². The van der Waals surface area contributed by atoms with Crippen molar-refractivity contribution in [2.45, 2.75) is 50.5 Å². The lowest BCUT2D eigenvalue weighted by Crippen LogP contribution is -2.46. The van der Waals surface area contributed by atoms with E-state index in [0.29, 0.717) is 13.2 Å². The van der Waals surface area contributed by atoms with Crippen molar-refractivity contribution in [3.63, 3.8) is 0 Å². The second-order valence-electron chi connectivity index (χ2n) is 6.66. The van der Waals surface area contributed by atoms with Gasteiger partial charge in [0.1, 0.15) is 0 Å². The van der Waals surface area contributed by atoms with Gasteiger partial charge < -0.3 is 14.7 Å². The molecular formula is C19H25NO4. The monoisotopic (exact) mass is 331 g/mol. The standard InChI is InChI=1S/C19H25NO4/c21-18(22)8-11-20(15-9-12-24-13-10-15)19(23)17-7-3-5-14-4-1-2-6-16(14)17/h1-2,4,6,15,17H,3,5,7-13H2,(H,21,22)/t17-/m1/s1. The summed E-state index contributed by atoms with van der Waals surface area (Å²) >= 11 is 0. The van der Waals surface area contributed by atoms with Crippen LogP contribution in [0.3, 0.4) is 0 Å². The van der Waals surface area contributed by atoms with E-state index < -0.39 is 5.97 Å². The van der Waals surface area contributed by atoms with Crippen LogP contribution in [0, 0.1) is 0 Å². The lowest BCUT2D eigenvalue weighted by Gasteiger charge is -2.37. The van der Waals surface area contributed by atoms with Crippen LogP contribution in [0.4, 0.5) is 0 Å². The largest absolute Gasteiger partial charge is 0.481 e. The quantitative estimate of drug-likeness (QED) is 0.900. The first kappa shape index (κ1) is 17.0. The number of nitrogens with zero attached hydrogens (tertiary/aromatic N) is 1. The average Bonchev–Trinajstić information content (AvgIpc) is 2.62. The number of fused-ring (bicyclic) bond motifs is 1. The van der Waals surface area contributed by atoms with Crippen LogP contribution < -0.4 is 0 Å². The minimum absolute atomic E-state index is 0.00252. The number of rotatable bonds is 5. The molecule has 3 rings (SSSR count). The van der Waals surface area contributed by atoms with Crippen LogP contribution in [0.15, 0.2) is 24.3 Å². The maximum atomic E-state index is 13.3. The van der Waals surface area contributed by atoms with E-state index >= 15 is 0 Å². The van der Waals surface area contributed by atoms with E-state index in [9.17, 15) is 9.59 Å². The SMILES string of the molecule is O=C(O)CCN(C(=O)[C@@H]1CCCc2ccccc21)C1CCOCC1. The molecule has 5 heteroatoms. The summed E-state index contributed by atoms with van der Waals surface area (Å²) in [5.41, 5.74) is 2.38. The van der Waals surface area contributed by atoms with Gasteiger partial charge in [0, 0.05) is 25.8 Å². The second kappa shape index (κ2) is 7.79. The Hall–Kier alpha value is -1.88. The van der Waals surface area contributed by atoms with E-state index in [0.717, 1.165) is 37.7 Å². The van der Waals surface area contributed by atoms with Crippen molar-refractivity contribution in [1.82, 2.24) is 4.90 Å². The zero-order valence-electron chi connectivity index (χ0n) is 13.9. The van der Waals surface area contributed by atoms with Gasteiger partial charge in [-0.2, -0.15) is 0 Å². The van der Waals surface area contributed by atoms with Crippen molar-refractivity contribution in [1.29, 1.82) is 0 Å². The fraction of sp³-hybridized carbons (Fsp3) is 0.579. The van der Waals surface area contributed by atoms with Gasteiger partial charge in [-0.05, 0) is 43.2 Å². The minimum atomic E-state index is -0.857. The van der Waals surface area contributed by atoms with Crippen molar-refractivity contribution >= 4 is 11.9 Å². The fourth-order valence-electron chi connectivity index (χ4n) is 3.90. The average molecular weight is 331 g/mol. The molecule has 1 aliphatic carbocycles. The number of carbonyl (C=O) groups is 2. The number of hydrogen-bond acceptors (Lipinski definition) is 3. The molecule has 0 bridgehead atoms. The van der Waals surface area contributed by atoms with Gasteiger partial charge in [-0.15, -0.1) is 0 Å². The Kier molecular flexibility index (Phi) is 5.51. The van der Waals surface area contributed by atoms with Crippen LogP contribution in [0.5, 0.6) is 0 Å². The number of carboxylic acids is 1. The van der Waals surface area contributed by atoms with Gasteiger partial charge >= 0.3 is 5.97 Å². The molecule has 0 aromatic heterocycles. The first-order valence-corrected chi connectivity index (χ1v) is 8.84. The van der Waals surface area contributed by atoms with Gasteiger partial charge in [0.15, 0.2) is 0 Å². The summed E-state index contributed by atoms with van der Waals surface area (Å²) in [5, 5.41) is 9.05. The Labute approximate surface area is 142 Å². The molecule has 1 aliphatic heterocycles. The normalized spacial score (nSPS) is 21.1. The van der Waals surface area contributed by atoms with Gasteiger partial charge in [0.2, 0.25) is 5.91 Å². The maximum Gasteiger partial charge on any atom is 0.305 e. The molecular weight excluding hydrogens is 306 g/mol. The van der Waals surface area contributed by atoms with Crippen molar-refractivity contribution in [2.24, 2.45) is 0 Å². The molecule has 0 unspecified atom stereocenters.